The largest absolute Gasteiger partial charge is 0.455 e. The van der Waals surface area contributed by atoms with Crippen molar-refractivity contribution < 1.29 is 4.42 Å². The van der Waals surface area contributed by atoms with Crippen LogP contribution in [0.4, 0.5) is 0 Å². The maximum absolute atomic E-state index is 6.63. The second-order valence-electron chi connectivity index (χ2n) is 17.4. The normalized spacial score (nSPS) is 11.8. The van der Waals surface area contributed by atoms with Crippen molar-refractivity contribution in [3.8, 4) is 62.1 Å². The Kier molecular flexibility index (Phi) is 8.48. The molecule has 10 aromatic carbocycles. The zero-order chi connectivity index (χ0) is 44.7. The lowest BCUT2D eigenvalue weighted by Gasteiger charge is -2.15. The van der Waals surface area contributed by atoms with E-state index in [1.165, 1.54) is 10.8 Å². The second-order valence-corrected chi connectivity index (χ2v) is 17.4. The first kappa shape index (κ1) is 38.1. The molecule has 0 spiro atoms. The zero-order valence-electron chi connectivity index (χ0n) is 36.7. The number of hydrogen-bond donors (Lipinski definition) is 0. The standard InChI is InChI=1S/C62H39N5O/c1-3-17-40(18-4-1)61-63-64-62(41-19-5-2-6-20-41)66(61)46-33-35-56-52(39-46)48-26-8-12-30-54(48)65(56)45-24-16-22-43(38-45)42-21-15-23-44(37-42)47-25-7-11-29-53(47)67-55-31-13-9-28-51(55)59-57(67)36-34-50-49-27-10-14-32-58(49)68-60(50)59/h1-39H. The van der Waals surface area contributed by atoms with E-state index in [-0.39, 0.29) is 0 Å². The number of rotatable bonds is 7. The molecule has 0 unspecified atom stereocenters. The van der Waals surface area contributed by atoms with E-state index < -0.39 is 0 Å². The lowest BCUT2D eigenvalue weighted by molar-refractivity contribution is 0.673. The molecule has 0 saturated heterocycles. The molecule has 4 aromatic heterocycles. The van der Waals surface area contributed by atoms with Gasteiger partial charge in [-0.05, 0) is 89.5 Å². The average Bonchev–Trinajstić information content (AvgIpc) is 4.19. The summed E-state index contributed by atoms with van der Waals surface area (Å²) in [6.07, 6.45) is 0. The Morgan fingerprint density at radius 3 is 1.65 bits per heavy atom. The zero-order valence-corrected chi connectivity index (χ0v) is 36.7. The first-order valence-electron chi connectivity index (χ1n) is 23.0. The van der Waals surface area contributed by atoms with Gasteiger partial charge in [-0.1, -0.05) is 164 Å². The van der Waals surface area contributed by atoms with Gasteiger partial charge >= 0.3 is 0 Å². The summed E-state index contributed by atoms with van der Waals surface area (Å²) in [7, 11) is 0. The van der Waals surface area contributed by atoms with Crippen molar-refractivity contribution in [2.75, 3.05) is 0 Å². The van der Waals surface area contributed by atoms with E-state index in [0.29, 0.717) is 0 Å². The number of furan rings is 1. The average molecular weight is 870 g/mol. The molecule has 318 valence electrons. The Morgan fingerprint density at radius 1 is 0.309 bits per heavy atom. The second kappa shape index (κ2) is 15.2. The molecule has 0 bridgehead atoms. The number of benzene rings is 10. The van der Waals surface area contributed by atoms with Crippen molar-refractivity contribution in [1.82, 2.24) is 23.9 Å². The van der Waals surface area contributed by atoms with Crippen molar-refractivity contribution in [2.45, 2.75) is 0 Å². The van der Waals surface area contributed by atoms with Gasteiger partial charge in [-0.2, -0.15) is 0 Å². The Morgan fingerprint density at radius 2 is 0.868 bits per heavy atom. The molecule has 0 N–H and O–H groups in total. The monoisotopic (exact) mass is 869 g/mol. The number of fused-ring (bicyclic) bond motifs is 10. The van der Waals surface area contributed by atoms with E-state index in [9.17, 15) is 0 Å². The van der Waals surface area contributed by atoms with Crippen molar-refractivity contribution in [1.29, 1.82) is 0 Å². The third-order valence-corrected chi connectivity index (χ3v) is 13.6. The number of hydrogen-bond acceptors (Lipinski definition) is 3. The van der Waals surface area contributed by atoms with Gasteiger partial charge in [-0.25, -0.2) is 0 Å². The molecule has 0 amide bonds. The minimum Gasteiger partial charge on any atom is -0.455 e. The SMILES string of the molecule is c1ccc(-c2nnc(-c3ccccc3)n2-c2ccc3c(c2)c2ccccc2n3-c2cccc(-c3cccc(-c4ccccc4-n4c5ccccc5c5c6oc7ccccc7c6ccc54)c3)c2)cc1. The Bertz CT molecular complexity index is 4210. The summed E-state index contributed by atoms with van der Waals surface area (Å²) in [5.74, 6) is 1.59. The summed E-state index contributed by atoms with van der Waals surface area (Å²) in [6, 6.07) is 84.1. The predicted molar refractivity (Wildman–Crippen MR) is 279 cm³/mol. The fourth-order valence-corrected chi connectivity index (χ4v) is 10.6. The van der Waals surface area contributed by atoms with E-state index in [1.807, 2.05) is 42.5 Å². The number of nitrogens with zero attached hydrogens (tertiary/aromatic N) is 5. The highest BCUT2D eigenvalue weighted by Crippen LogP contribution is 2.43. The Balaban J connectivity index is 0.888. The summed E-state index contributed by atoms with van der Waals surface area (Å²) in [5, 5.41) is 16.4. The highest BCUT2D eigenvalue weighted by Gasteiger charge is 2.22. The summed E-state index contributed by atoms with van der Waals surface area (Å²) in [5.41, 5.74) is 16.1. The molecule has 6 heteroatoms. The third kappa shape index (κ3) is 5.84. The lowest BCUT2D eigenvalue weighted by Crippen LogP contribution is -2.01. The third-order valence-electron chi connectivity index (χ3n) is 13.6. The molecule has 0 aliphatic heterocycles. The molecule has 14 rings (SSSR count). The number of aromatic nitrogens is 5. The minimum atomic E-state index is 0.796. The summed E-state index contributed by atoms with van der Waals surface area (Å²) >= 11 is 0. The van der Waals surface area contributed by atoms with E-state index in [4.69, 9.17) is 14.6 Å². The minimum absolute atomic E-state index is 0.796. The number of para-hydroxylation sites is 4. The van der Waals surface area contributed by atoms with E-state index >= 15 is 0 Å². The molecule has 0 aliphatic rings. The molecule has 0 radical (unpaired) electrons. The predicted octanol–water partition coefficient (Wildman–Crippen LogP) is 16.0. The fraction of sp³-hybridized carbons (Fsp3) is 0. The van der Waals surface area contributed by atoms with E-state index in [0.717, 1.165) is 117 Å². The van der Waals surface area contributed by atoms with Crippen LogP contribution in [0.3, 0.4) is 0 Å². The molecular weight excluding hydrogens is 831 g/mol. The van der Waals surface area contributed by atoms with Crippen LogP contribution in [0.5, 0.6) is 0 Å². The van der Waals surface area contributed by atoms with Gasteiger partial charge in [0.1, 0.15) is 11.2 Å². The quantitative estimate of drug-likeness (QED) is 0.160. The molecule has 14 aromatic rings. The van der Waals surface area contributed by atoms with Crippen molar-refractivity contribution in [3.05, 3.63) is 237 Å². The highest BCUT2D eigenvalue weighted by atomic mass is 16.3. The van der Waals surface area contributed by atoms with Gasteiger partial charge < -0.3 is 13.6 Å². The maximum atomic E-state index is 6.63. The van der Waals surface area contributed by atoms with Crippen molar-refractivity contribution in [2.24, 2.45) is 0 Å². The van der Waals surface area contributed by atoms with E-state index in [2.05, 4.69) is 208 Å². The molecule has 0 atom stereocenters. The first-order chi connectivity index (χ1) is 33.7. The molecular formula is C62H39N5O. The van der Waals surface area contributed by atoms with Crippen molar-refractivity contribution in [3.63, 3.8) is 0 Å². The van der Waals surface area contributed by atoms with Crippen LogP contribution >= 0.6 is 0 Å². The van der Waals surface area contributed by atoms with E-state index in [1.54, 1.807) is 0 Å². The summed E-state index contributed by atoms with van der Waals surface area (Å²) < 4.78 is 13.6. The highest BCUT2D eigenvalue weighted by molar-refractivity contribution is 6.24. The van der Waals surface area contributed by atoms with Crippen LogP contribution in [0, 0.1) is 0 Å². The van der Waals surface area contributed by atoms with Crippen LogP contribution in [-0.2, 0) is 0 Å². The van der Waals surface area contributed by atoms with Gasteiger partial charge in [0.05, 0.1) is 38.8 Å². The maximum Gasteiger partial charge on any atom is 0.168 e. The van der Waals surface area contributed by atoms with Crippen LogP contribution in [0.15, 0.2) is 241 Å². The van der Waals surface area contributed by atoms with Gasteiger partial charge in [0.2, 0.25) is 0 Å². The molecule has 68 heavy (non-hydrogen) atoms. The van der Waals surface area contributed by atoms with Gasteiger partial charge in [0.15, 0.2) is 11.6 Å². The first-order valence-corrected chi connectivity index (χ1v) is 23.0. The molecule has 6 nitrogen and oxygen atoms in total. The Labute approximate surface area is 390 Å². The van der Waals surface area contributed by atoms with Crippen molar-refractivity contribution >= 4 is 65.6 Å². The van der Waals surface area contributed by atoms with Crippen LogP contribution in [0.2, 0.25) is 0 Å². The van der Waals surface area contributed by atoms with Crippen LogP contribution < -0.4 is 0 Å². The molecule has 4 heterocycles. The van der Waals surface area contributed by atoms with Gasteiger partial charge in [-0.15, -0.1) is 10.2 Å². The van der Waals surface area contributed by atoms with Crippen LogP contribution in [-0.4, -0.2) is 23.9 Å². The fourth-order valence-electron chi connectivity index (χ4n) is 10.6. The molecule has 0 saturated carbocycles. The summed E-state index contributed by atoms with van der Waals surface area (Å²) in [4.78, 5) is 0. The van der Waals surface area contributed by atoms with Gasteiger partial charge in [-0.3, -0.25) is 4.57 Å². The van der Waals surface area contributed by atoms with Crippen LogP contribution in [0.25, 0.3) is 128 Å². The van der Waals surface area contributed by atoms with Gasteiger partial charge in [0, 0.05) is 49.3 Å². The summed E-state index contributed by atoms with van der Waals surface area (Å²) in [6.45, 7) is 0. The smallest absolute Gasteiger partial charge is 0.168 e. The molecule has 0 fully saturated rings. The topological polar surface area (TPSA) is 53.7 Å². The molecule has 0 aliphatic carbocycles. The van der Waals surface area contributed by atoms with Gasteiger partial charge in [0.25, 0.3) is 0 Å². The van der Waals surface area contributed by atoms with Crippen LogP contribution in [0.1, 0.15) is 0 Å². The Hall–Kier alpha value is -9.26. The lowest BCUT2D eigenvalue weighted by atomic mass is 9.97.